The molecule has 0 unspecified atom stereocenters. The van der Waals surface area contributed by atoms with Crippen molar-refractivity contribution in [1.29, 1.82) is 0 Å². The number of ether oxygens (including phenoxy) is 1. The van der Waals surface area contributed by atoms with Crippen LogP contribution in [0.25, 0.3) is 0 Å². The summed E-state index contributed by atoms with van der Waals surface area (Å²) in [6.45, 7) is 0.135. The van der Waals surface area contributed by atoms with Crippen molar-refractivity contribution in [3.8, 4) is 0 Å². The summed E-state index contributed by atoms with van der Waals surface area (Å²) in [6, 6.07) is 2.72. The molecule has 0 radical (unpaired) electrons. The first-order valence-corrected chi connectivity index (χ1v) is 6.08. The molecular weight excluding hydrogens is 283 g/mol. The van der Waals surface area contributed by atoms with Crippen molar-refractivity contribution in [3.63, 3.8) is 0 Å². The number of esters is 1. The van der Waals surface area contributed by atoms with Gasteiger partial charge in [-0.3, -0.25) is 4.79 Å². The Kier molecular flexibility index (Phi) is 6.12. The van der Waals surface area contributed by atoms with Crippen LogP contribution in [0.2, 0.25) is 0 Å². The van der Waals surface area contributed by atoms with E-state index in [4.69, 9.17) is 5.11 Å². The zero-order chi connectivity index (χ0) is 15.8. The SMILES string of the molecule is COC(=O)c1ccc(F)c(NC(=O)NCCCC(=O)O)c1. The second kappa shape index (κ2) is 7.83. The number of carboxylic acids is 1. The van der Waals surface area contributed by atoms with Gasteiger partial charge in [0.15, 0.2) is 0 Å². The molecule has 0 spiro atoms. The number of anilines is 1. The van der Waals surface area contributed by atoms with Crippen molar-refractivity contribution in [1.82, 2.24) is 5.32 Å². The van der Waals surface area contributed by atoms with Gasteiger partial charge in [-0.05, 0) is 24.6 Å². The lowest BCUT2D eigenvalue weighted by Crippen LogP contribution is -2.30. The smallest absolute Gasteiger partial charge is 0.337 e. The fourth-order valence-electron chi connectivity index (χ4n) is 1.47. The van der Waals surface area contributed by atoms with E-state index in [-0.39, 0.29) is 30.6 Å². The Bertz CT molecular complexity index is 547. The average Bonchev–Trinajstić information content (AvgIpc) is 2.45. The topological polar surface area (TPSA) is 105 Å². The molecule has 0 heterocycles. The van der Waals surface area contributed by atoms with Gasteiger partial charge in [-0.25, -0.2) is 14.0 Å². The molecule has 2 amide bonds. The molecule has 114 valence electrons. The van der Waals surface area contributed by atoms with Crippen LogP contribution in [0.4, 0.5) is 14.9 Å². The zero-order valence-electron chi connectivity index (χ0n) is 11.3. The standard InChI is InChI=1S/C13H15FN2O5/c1-21-12(19)8-4-5-9(14)10(7-8)16-13(20)15-6-2-3-11(17)18/h4-5,7H,2-3,6H2,1H3,(H,17,18)(H2,15,16,20). The Morgan fingerprint density at radius 1 is 1.33 bits per heavy atom. The van der Waals surface area contributed by atoms with Crippen molar-refractivity contribution in [3.05, 3.63) is 29.6 Å². The molecule has 0 atom stereocenters. The second-order valence-corrected chi connectivity index (χ2v) is 4.06. The summed E-state index contributed by atoms with van der Waals surface area (Å²) >= 11 is 0. The van der Waals surface area contributed by atoms with E-state index in [0.29, 0.717) is 0 Å². The first-order valence-electron chi connectivity index (χ1n) is 6.08. The third-order valence-corrected chi connectivity index (χ3v) is 2.49. The maximum atomic E-state index is 13.5. The van der Waals surface area contributed by atoms with Crippen LogP contribution < -0.4 is 10.6 Å². The van der Waals surface area contributed by atoms with E-state index in [1.54, 1.807) is 0 Å². The van der Waals surface area contributed by atoms with Crippen LogP contribution in [-0.4, -0.2) is 36.7 Å². The van der Waals surface area contributed by atoms with Gasteiger partial charge >= 0.3 is 18.0 Å². The van der Waals surface area contributed by atoms with E-state index in [2.05, 4.69) is 15.4 Å². The minimum Gasteiger partial charge on any atom is -0.481 e. The van der Waals surface area contributed by atoms with Gasteiger partial charge in [-0.2, -0.15) is 0 Å². The van der Waals surface area contributed by atoms with Gasteiger partial charge in [-0.15, -0.1) is 0 Å². The monoisotopic (exact) mass is 298 g/mol. The van der Waals surface area contributed by atoms with Gasteiger partial charge in [0.1, 0.15) is 5.82 Å². The molecule has 0 aromatic heterocycles. The fraction of sp³-hybridized carbons (Fsp3) is 0.308. The Labute approximate surface area is 120 Å². The third-order valence-electron chi connectivity index (χ3n) is 2.49. The fourth-order valence-corrected chi connectivity index (χ4v) is 1.47. The number of benzene rings is 1. The highest BCUT2D eigenvalue weighted by atomic mass is 19.1. The van der Waals surface area contributed by atoms with Crippen molar-refractivity contribution in [2.45, 2.75) is 12.8 Å². The first kappa shape index (κ1) is 16.4. The van der Waals surface area contributed by atoms with E-state index >= 15 is 0 Å². The number of nitrogens with one attached hydrogen (secondary N) is 2. The number of methoxy groups -OCH3 is 1. The van der Waals surface area contributed by atoms with E-state index in [1.807, 2.05) is 0 Å². The van der Waals surface area contributed by atoms with Gasteiger partial charge in [0.25, 0.3) is 0 Å². The Morgan fingerprint density at radius 2 is 2.05 bits per heavy atom. The third kappa shape index (κ3) is 5.47. The molecule has 0 bridgehead atoms. The molecule has 0 saturated heterocycles. The summed E-state index contributed by atoms with van der Waals surface area (Å²) in [5, 5.41) is 13.1. The van der Waals surface area contributed by atoms with Crippen LogP contribution in [0.15, 0.2) is 18.2 Å². The quantitative estimate of drug-likeness (QED) is 0.546. The maximum Gasteiger partial charge on any atom is 0.337 e. The second-order valence-electron chi connectivity index (χ2n) is 4.06. The summed E-state index contributed by atoms with van der Waals surface area (Å²) in [5.41, 5.74) is -0.0753. The Hall–Kier alpha value is -2.64. The number of hydrogen-bond donors (Lipinski definition) is 3. The molecule has 0 saturated carbocycles. The highest BCUT2D eigenvalue weighted by molar-refractivity contribution is 5.94. The number of halogens is 1. The van der Waals surface area contributed by atoms with Gasteiger partial charge in [0, 0.05) is 13.0 Å². The molecular formula is C13H15FN2O5. The van der Waals surface area contributed by atoms with Crippen LogP contribution in [0.3, 0.4) is 0 Å². The van der Waals surface area contributed by atoms with E-state index in [1.165, 1.54) is 13.2 Å². The van der Waals surface area contributed by atoms with Crippen molar-refractivity contribution in [2.75, 3.05) is 19.0 Å². The molecule has 0 fully saturated rings. The Morgan fingerprint density at radius 3 is 2.67 bits per heavy atom. The van der Waals surface area contributed by atoms with E-state index < -0.39 is 23.8 Å². The molecule has 1 rings (SSSR count). The molecule has 0 aliphatic carbocycles. The number of urea groups is 1. The molecule has 8 heteroatoms. The summed E-state index contributed by atoms with van der Waals surface area (Å²) in [6.07, 6.45) is 0.180. The van der Waals surface area contributed by atoms with Gasteiger partial charge in [-0.1, -0.05) is 0 Å². The van der Waals surface area contributed by atoms with Gasteiger partial charge in [0.2, 0.25) is 0 Å². The first-order chi connectivity index (χ1) is 9.93. The summed E-state index contributed by atoms with van der Waals surface area (Å²) in [5.74, 6) is -2.32. The van der Waals surface area contributed by atoms with Crippen LogP contribution >= 0.6 is 0 Å². The molecule has 7 nitrogen and oxygen atoms in total. The Balaban J connectivity index is 2.59. The lowest BCUT2D eigenvalue weighted by Gasteiger charge is -2.09. The highest BCUT2D eigenvalue weighted by Gasteiger charge is 2.12. The predicted octanol–water partition coefficient (Wildman–Crippen LogP) is 1.60. The number of hydrogen-bond acceptors (Lipinski definition) is 4. The number of carboxylic acid groups (broad SMARTS) is 1. The minimum absolute atomic E-state index is 0.0769. The summed E-state index contributed by atoms with van der Waals surface area (Å²) in [7, 11) is 1.19. The zero-order valence-corrected chi connectivity index (χ0v) is 11.3. The minimum atomic E-state index is -0.964. The normalized spacial score (nSPS) is 9.81. The summed E-state index contributed by atoms with van der Waals surface area (Å²) < 4.78 is 18.0. The number of carbonyl (C=O) groups is 3. The van der Waals surface area contributed by atoms with Gasteiger partial charge in [0.05, 0.1) is 18.4 Å². The molecule has 1 aromatic carbocycles. The van der Waals surface area contributed by atoms with Crippen molar-refractivity contribution >= 4 is 23.7 Å². The maximum absolute atomic E-state index is 13.5. The van der Waals surface area contributed by atoms with Crippen LogP contribution in [0, 0.1) is 5.82 Å². The molecule has 1 aromatic rings. The van der Waals surface area contributed by atoms with Crippen LogP contribution in [-0.2, 0) is 9.53 Å². The van der Waals surface area contributed by atoms with E-state index in [9.17, 15) is 18.8 Å². The number of aliphatic carboxylic acids is 1. The average molecular weight is 298 g/mol. The molecule has 0 aliphatic heterocycles. The largest absolute Gasteiger partial charge is 0.481 e. The van der Waals surface area contributed by atoms with Crippen LogP contribution in [0.1, 0.15) is 23.2 Å². The predicted molar refractivity (Wildman–Crippen MR) is 71.6 cm³/mol. The van der Waals surface area contributed by atoms with Crippen molar-refractivity contribution < 1.29 is 28.6 Å². The number of carbonyl (C=O) groups excluding carboxylic acids is 2. The van der Waals surface area contributed by atoms with Gasteiger partial charge < -0.3 is 20.5 Å². The summed E-state index contributed by atoms with van der Waals surface area (Å²) in [4.78, 5) is 33.1. The van der Waals surface area contributed by atoms with E-state index in [0.717, 1.165) is 12.1 Å². The molecule has 0 aliphatic rings. The highest BCUT2D eigenvalue weighted by Crippen LogP contribution is 2.16. The van der Waals surface area contributed by atoms with Crippen molar-refractivity contribution in [2.24, 2.45) is 0 Å². The molecule has 3 N–H and O–H groups in total. The lowest BCUT2D eigenvalue weighted by molar-refractivity contribution is -0.137. The molecule has 21 heavy (non-hydrogen) atoms. The number of rotatable bonds is 6. The van der Waals surface area contributed by atoms with Crippen LogP contribution in [0.5, 0.6) is 0 Å². The number of amides is 2. The lowest BCUT2D eigenvalue weighted by atomic mass is 10.2.